The summed E-state index contributed by atoms with van der Waals surface area (Å²) in [5.74, 6) is -2.98. The van der Waals surface area contributed by atoms with Gasteiger partial charge in [0, 0.05) is 19.8 Å². The van der Waals surface area contributed by atoms with E-state index < -0.39 is 36.9 Å². The van der Waals surface area contributed by atoms with Crippen molar-refractivity contribution in [1.82, 2.24) is 4.90 Å². The molecule has 156 valence electrons. The maximum atomic E-state index is 12.5. The molecule has 4 atom stereocenters. The second-order valence-corrected chi connectivity index (χ2v) is 10.4. The van der Waals surface area contributed by atoms with Crippen molar-refractivity contribution in [3.8, 4) is 0 Å². The third kappa shape index (κ3) is 5.21. The molecule has 1 N–H and O–H groups in total. The second-order valence-electron chi connectivity index (χ2n) is 6.82. The number of nitrogens with one attached hydrogen (secondary N) is 1. The van der Waals surface area contributed by atoms with Crippen LogP contribution in [0, 0.1) is 11.8 Å². The van der Waals surface area contributed by atoms with Gasteiger partial charge in [-0.15, -0.1) is 0 Å². The van der Waals surface area contributed by atoms with E-state index in [1.807, 2.05) is 0 Å². The van der Waals surface area contributed by atoms with E-state index in [0.717, 1.165) is 4.90 Å². The topological polar surface area (TPSA) is 92.8 Å². The van der Waals surface area contributed by atoms with Crippen molar-refractivity contribution in [2.75, 3.05) is 18.5 Å². The van der Waals surface area contributed by atoms with Crippen molar-refractivity contribution in [2.45, 2.75) is 22.5 Å². The van der Waals surface area contributed by atoms with Gasteiger partial charge in [0.05, 0.1) is 16.9 Å². The van der Waals surface area contributed by atoms with E-state index in [-0.39, 0.29) is 21.5 Å². The molecule has 3 amide bonds. The maximum absolute atomic E-state index is 12.5. The molecule has 0 spiro atoms. The number of likely N-dealkylation sites (tertiary alicyclic amines) is 1. The average Bonchev–Trinajstić information content (AvgIpc) is 2.88. The Hall–Kier alpha value is -0.970. The fourth-order valence-electron chi connectivity index (χ4n) is 3.41. The third-order valence-electron chi connectivity index (χ3n) is 4.86. The Kier molecular flexibility index (Phi) is 7.40. The molecule has 1 aliphatic heterocycles. The normalized spacial score (nSPS) is 26.3. The maximum Gasteiger partial charge on any atom is 0.326 e. The van der Waals surface area contributed by atoms with Gasteiger partial charge in [0.1, 0.15) is 6.54 Å². The number of hydrogen-bond donors (Lipinski definition) is 1. The second kappa shape index (κ2) is 9.45. The van der Waals surface area contributed by atoms with Crippen molar-refractivity contribution in [1.29, 1.82) is 0 Å². The molecule has 2 fully saturated rings. The molecular weight excluding hydrogens is 599 g/mol. The number of carbonyl (C=O) groups excluding carboxylic acids is 4. The van der Waals surface area contributed by atoms with E-state index in [4.69, 9.17) is 16.3 Å². The molecule has 3 rings (SSSR count). The number of nitrogens with zero attached hydrogens (tertiary/aromatic N) is 1. The van der Waals surface area contributed by atoms with Crippen LogP contribution in [0.1, 0.15) is 12.8 Å². The molecule has 0 aromatic heterocycles. The Morgan fingerprint density at radius 2 is 1.72 bits per heavy atom. The first-order chi connectivity index (χ1) is 13.7. The number of rotatable bonds is 5. The molecule has 1 aromatic rings. The van der Waals surface area contributed by atoms with Crippen molar-refractivity contribution in [2.24, 2.45) is 11.8 Å². The Morgan fingerprint density at radius 3 is 2.28 bits per heavy atom. The molecule has 11 heteroatoms. The summed E-state index contributed by atoms with van der Waals surface area (Å²) in [5.41, 5.74) is 0.446. The largest absolute Gasteiger partial charge is 0.454 e. The van der Waals surface area contributed by atoms with Gasteiger partial charge in [0.15, 0.2) is 6.61 Å². The zero-order valence-corrected chi connectivity index (χ0v) is 20.4. The van der Waals surface area contributed by atoms with E-state index in [1.165, 1.54) is 0 Å². The van der Waals surface area contributed by atoms with Gasteiger partial charge in [0.2, 0.25) is 11.8 Å². The van der Waals surface area contributed by atoms with Gasteiger partial charge in [-0.1, -0.05) is 43.5 Å². The lowest BCUT2D eigenvalue weighted by molar-refractivity contribution is -0.154. The van der Waals surface area contributed by atoms with Gasteiger partial charge >= 0.3 is 5.97 Å². The Labute approximate surface area is 197 Å². The number of benzene rings is 1. The zero-order valence-electron chi connectivity index (χ0n) is 14.9. The predicted molar refractivity (Wildman–Crippen MR) is 117 cm³/mol. The van der Waals surface area contributed by atoms with Crippen LogP contribution in [0.25, 0.3) is 0 Å². The Bertz CT molecular complexity index is 840. The molecule has 1 aromatic carbocycles. The molecule has 0 unspecified atom stereocenters. The lowest BCUT2D eigenvalue weighted by Crippen LogP contribution is -2.37. The van der Waals surface area contributed by atoms with Crippen molar-refractivity contribution in [3.63, 3.8) is 0 Å². The minimum absolute atomic E-state index is 0.0863. The van der Waals surface area contributed by atoms with Gasteiger partial charge in [-0.25, -0.2) is 0 Å². The first kappa shape index (κ1) is 22.7. The molecule has 1 aliphatic carbocycles. The van der Waals surface area contributed by atoms with Crippen molar-refractivity contribution >= 4 is 88.8 Å². The van der Waals surface area contributed by atoms with Gasteiger partial charge < -0.3 is 10.1 Å². The van der Waals surface area contributed by atoms with Gasteiger partial charge in [0.25, 0.3) is 5.91 Å². The SMILES string of the molecule is O=C(COC(=O)CN1C(=O)[C@@H]2C[C@@H](Br)[C@@H](Br)C[C@H]2C1=O)Nc1ccc(Br)c(Cl)c1. The fraction of sp³-hybridized carbons (Fsp3) is 0.444. The van der Waals surface area contributed by atoms with Crippen LogP contribution in [0.15, 0.2) is 22.7 Å². The van der Waals surface area contributed by atoms with E-state index in [1.54, 1.807) is 18.2 Å². The molecule has 29 heavy (non-hydrogen) atoms. The van der Waals surface area contributed by atoms with Crippen LogP contribution in [0.2, 0.25) is 5.02 Å². The lowest BCUT2D eigenvalue weighted by Gasteiger charge is -2.29. The van der Waals surface area contributed by atoms with E-state index >= 15 is 0 Å². The lowest BCUT2D eigenvalue weighted by atomic mass is 9.81. The summed E-state index contributed by atoms with van der Waals surface area (Å²) in [6, 6.07) is 4.85. The van der Waals surface area contributed by atoms with Crippen LogP contribution in [-0.2, 0) is 23.9 Å². The van der Waals surface area contributed by atoms with Crippen LogP contribution in [0.4, 0.5) is 5.69 Å². The smallest absolute Gasteiger partial charge is 0.326 e. The summed E-state index contributed by atoms with van der Waals surface area (Å²) in [6.07, 6.45) is 1.05. The molecule has 7 nitrogen and oxygen atoms in total. The van der Waals surface area contributed by atoms with Crippen molar-refractivity contribution < 1.29 is 23.9 Å². The highest BCUT2D eigenvalue weighted by molar-refractivity contribution is 9.12. The molecule has 2 aliphatic rings. The number of ether oxygens (including phenoxy) is 1. The number of halogens is 4. The minimum atomic E-state index is -0.819. The molecule has 0 bridgehead atoms. The molecule has 1 saturated heterocycles. The third-order valence-corrected chi connectivity index (χ3v) is 8.82. The van der Waals surface area contributed by atoms with Crippen LogP contribution in [0.5, 0.6) is 0 Å². The number of anilines is 1. The molecule has 0 radical (unpaired) electrons. The van der Waals surface area contributed by atoms with Gasteiger partial charge in [-0.2, -0.15) is 0 Å². The van der Waals surface area contributed by atoms with E-state index in [0.29, 0.717) is 28.0 Å². The molecule has 1 saturated carbocycles. The standard InChI is InChI=1S/C18H16Br3ClN2O5/c19-11-2-1-8(3-14(11)22)23-15(25)7-29-16(26)6-24-17(27)9-4-12(20)13(21)5-10(9)18(24)28/h1-3,9-10,12-13H,4-7H2,(H,23,25)/t9-,10-,12-,13+/m1/s1. The quantitative estimate of drug-likeness (QED) is 0.311. The zero-order chi connectivity index (χ0) is 21.3. The van der Waals surface area contributed by atoms with Crippen LogP contribution in [-0.4, -0.2) is 51.4 Å². The predicted octanol–water partition coefficient (Wildman–Crippen LogP) is 3.51. The summed E-state index contributed by atoms with van der Waals surface area (Å²) in [5, 5.41) is 2.97. The highest BCUT2D eigenvalue weighted by atomic mass is 79.9. The van der Waals surface area contributed by atoms with Crippen LogP contribution in [0.3, 0.4) is 0 Å². The number of amides is 3. The number of alkyl halides is 2. The van der Waals surface area contributed by atoms with Crippen LogP contribution < -0.4 is 5.32 Å². The fourth-order valence-corrected chi connectivity index (χ4v) is 5.08. The Balaban J connectivity index is 1.51. The summed E-state index contributed by atoms with van der Waals surface area (Å²) < 4.78 is 5.61. The van der Waals surface area contributed by atoms with E-state index in [9.17, 15) is 19.2 Å². The first-order valence-electron chi connectivity index (χ1n) is 8.71. The summed E-state index contributed by atoms with van der Waals surface area (Å²) in [4.78, 5) is 50.2. The van der Waals surface area contributed by atoms with Crippen molar-refractivity contribution in [3.05, 3.63) is 27.7 Å². The summed E-state index contributed by atoms with van der Waals surface area (Å²) in [6.45, 7) is -1.04. The monoisotopic (exact) mass is 612 g/mol. The minimum Gasteiger partial charge on any atom is -0.454 e. The molecule has 1 heterocycles. The molecular formula is C18H16Br3ClN2O5. The van der Waals surface area contributed by atoms with Gasteiger partial charge in [-0.3, -0.25) is 24.1 Å². The highest BCUT2D eigenvalue weighted by Gasteiger charge is 2.52. The summed E-state index contributed by atoms with van der Waals surface area (Å²) in [7, 11) is 0. The Morgan fingerprint density at radius 1 is 1.14 bits per heavy atom. The number of esters is 1. The number of carbonyl (C=O) groups is 4. The number of imide groups is 1. The highest BCUT2D eigenvalue weighted by Crippen LogP contribution is 2.43. The first-order valence-corrected chi connectivity index (χ1v) is 11.7. The van der Waals surface area contributed by atoms with Gasteiger partial charge in [-0.05, 0) is 47.0 Å². The number of hydrogen-bond acceptors (Lipinski definition) is 5. The van der Waals surface area contributed by atoms with E-state index in [2.05, 4.69) is 53.1 Å². The summed E-state index contributed by atoms with van der Waals surface area (Å²) >= 11 is 16.2. The number of fused-ring (bicyclic) bond motifs is 1. The van der Waals surface area contributed by atoms with Crippen LogP contribution >= 0.6 is 59.4 Å². The average molecular weight is 616 g/mol.